The third-order valence-corrected chi connectivity index (χ3v) is 8.26. The predicted octanol–water partition coefficient (Wildman–Crippen LogP) is 11.2. The fourth-order valence-corrected chi connectivity index (χ4v) is 6.45. The summed E-state index contributed by atoms with van der Waals surface area (Å²) in [4.78, 5) is 12.8. The third-order valence-electron chi connectivity index (χ3n) is 8.26. The van der Waals surface area contributed by atoms with E-state index in [0.717, 1.165) is 18.2 Å². The second-order valence-electron chi connectivity index (χ2n) is 11.0. The molecule has 0 atom stereocenters. The van der Waals surface area contributed by atoms with Crippen LogP contribution in [0.1, 0.15) is 85.6 Å². The molecule has 0 aromatic carbocycles. The van der Waals surface area contributed by atoms with Crippen molar-refractivity contribution < 1.29 is 52.7 Å². The van der Waals surface area contributed by atoms with E-state index in [9.17, 15) is 52.7 Å². The number of aromatic nitrogens is 4. The topological polar surface area (TPSA) is 57.4 Å². The zero-order chi connectivity index (χ0) is 35.7. The lowest BCUT2D eigenvalue weighted by Crippen LogP contribution is -2.12. The van der Waals surface area contributed by atoms with E-state index < -0.39 is 121 Å². The van der Waals surface area contributed by atoms with Gasteiger partial charge in [0.2, 0.25) is 0 Å². The largest absolute Gasteiger partial charge is 0.418 e. The average Bonchev–Trinajstić information content (AvgIpc) is 3.71. The Morgan fingerprint density at radius 1 is 0.479 bits per heavy atom. The van der Waals surface area contributed by atoms with Crippen LogP contribution < -0.4 is 0 Å². The Morgan fingerprint density at radius 3 is 1.48 bits per heavy atom. The highest BCUT2D eigenvalue weighted by Crippen LogP contribution is 2.49. The van der Waals surface area contributed by atoms with Crippen molar-refractivity contribution in [3.8, 4) is 0 Å². The number of allylic oxidation sites excluding steroid dienone is 4. The first kappa shape index (κ1) is 35.1. The van der Waals surface area contributed by atoms with E-state index in [0.29, 0.717) is 6.07 Å². The molecule has 3 aromatic rings. The van der Waals surface area contributed by atoms with Crippen molar-refractivity contribution in [3.63, 3.8) is 0 Å². The minimum absolute atomic E-state index is 0.344. The zero-order valence-electron chi connectivity index (χ0n) is 25.6. The summed E-state index contributed by atoms with van der Waals surface area (Å²) >= 11 is 0. The number of alkyl halides is 12. The molecular weight excluding hydrogens is 668 g/mol. The van der Waals surface area contributed by atoms with Crippen molar-refractivity contribution in [1.82, 2.24) is 19.9 Å². The Bertz CT molecular complexity index is 2010. The predicted molar refractivity (Wildman–Crippen MR) is 156 cm³/mol. The average molecular weight is 695 g/mol. The van der Waals surface area contributed by atoms with Gasteiger partial charge in [0.05, 0.1) is 55.9 Å². The molecule has 3 aromatic heterocycles. The van der Waals surface area contributed by atoms with Crippen molar-refractivity contribution in [2.24, 2.45) is 0 Å². The standard InChI is InChI=1S/C32H26F12N4/c1-5-13-17-9-11-19-22(30(36,37)38)16(8-4)26(48-19)28-24(32(42,43)44)14(6-2)18(46-28)10-12-20-21(29(33,34)35)15(7-3)25(47-20)27(45-17)23(13)31(39,40)41/h9-12,45,48H,5-8H2,1-4H3. The number of halogens is 12. The summed E-state index contributed by atoms with van der Waals surface area (Å²) in [5.41, 5.74) is -13.1. The Morgan fingerprint density at radius 2 is 0.979 bits per heavy atom. The molecule has 0 amide bonds. The third kappa shape index (κ3) is 5.76. The molecule has 8 bridgehead atoms. The van der Waals surface area contributed by atoms with Crippen LogP contribution in [0.25, 0.3) is 44.4 Å². The molecule has 16 heteroatoms. The molecule has 258 valence electrons. The molecular formula is C32H26F12N4. The maximum atomic E-state index is 14.6. The van der Waals surface area contributed by atoms with Crippen LogP contribution in [0, 0.1) is 0 Å². The quantitative estimate of drug-likeness (QED) is 0.267. The van der Waals surface area contributed by atoms with Gasteiger partial charge in [-0.05, 0) is 72.2 Å². The van der Waals surface area contributed by atoms with Crippen molar-refractivity contribution >= 4 is 44.4 Å². The molecule has 5 rings (SSSR count). The van der Waals surface area contributed by atoms with E-state index in [4.69, 9.17) is 0 Å². The van der Waals surface area contributed by atoms with Gasteiger partial charge in [-0.3, -0.25) is 0 Å². The van der Waals surface area contributed by atoms with Gasteiger partial charge in [-0.15, -0.1) is 0 Å². The molecule has 4 nitrogen and oxygen atoms in total. The second-order valence-corrected chi connectivity index (χ2v) is 11.0. The van der Waals surface area contributed by atoms with Crippen LogP contribution in [0.15, 0.2) is 24.3 Å². The summed E-state index contributed by atoms with van der Waals surface area (Å²) in [5.74, 6) is 0. The van der Waals surface area contributed by atoms with Gasteiger partial charge in [-0.25, -0.2) is 9.97 Å². The Hall–Kier alpha value is -4.24. The van der Waals surface area contributed by atoms with Crippen molar-refractivity contribution in [2.75, 3.05) is 0 Å². The van der Waals surface area contributed by atoms with Crippen LogP contribution >= 0.6 is 0 Å². The van der Waals surface area contributed by atoms with Crippen LogP contribution in [0.5, 0.6) is 0 Å². The van der Waals surface area contributed by atoms with E-state index >= 15 is 0 Å². The first-order chi connectivity index (χ1) is 22.2. The van der Waals surface area contributed by atoms with Gasteiger partial charge in [0.25, 0.3) is 0 Å². The lowest BCUT2D eigenvalue weighted by atomic mass is 9.98. The first-order valence-electron chi connectivity index (χ1n) is 14.7. The minimum Gasteiger partial charge on any atom is -0.353 e. The Labute approximate surface area is 264 Å². The fraction of sp³-hybridized carbons (Fsp3) is 0.375. The highest BCUT2D eigenvalue weighted by Gasteiger charge is 2.45. The summed E-state index contributed by atoms with van der Waals surface area (Å²) in [6, 6.07) is 3.17. The minimum atomic E-state index is -5.14. The summed E-state index contributed by atoms with van der Waals surface area (Å²) in [6.07, 6.45) is -22.1. The lowest BCUT2D eigenvalue weighted by Gasteiger charge is -2.12. The van der Waals surface area contributed by atoms with Gasteiger partial charge in [-0.1, -0.05) is 27.7 Å². The molecule has 0 radical (unpaired) electrons. The van der Waals surface area contributed by atoms with Crippen molar-refractivity contribution in [1.29, 1.82) is 0 Å². The van der Waals surface area contributed by atoms with Gasteiger partial charge < -0.3 is 9.97 Å². The number of hydrogen-bond donors (Lipinski definition) is 2. The maximum Gasteiger partial charge on any atom is 0.418 e. The van der Waals surface area contributed by atoms with E-state index in [-0.39, 0.29) is 18.4 Å². The van der Waals surface area contributed by atoms with E-state index in [1.807, 2.05) is 0 Å². The van der Waals surface area contributed by atoms with E-state index in [1.54, 1.807) is 0 Å². The van der Waals surface area contributed by atoms with Gasteiger partial charge in [-0.2, -0.15) is 52.7 Å². The SMILES string of the molecule is CCC1=C(C(F)(F)F)c2nc1ccc1nc(c3[nH]c(ccc4[nH]c2c(CC)c4C(F)(F)F)c(CC)c3C(F)(F)F)C(CC)=C1C(F)(F)F. The normalized spacial score (nSPS) is 14.8. The maximum absolute atomic E-state index is 14.6. The number of nitrogens with zero attached hydrogens (tertiary/aromatic N) is 2. The second kappa shape index (κ2) is 11.7. The molecule has 2 aliphatic heterocycles. The van der Waals surface area contributed by atoms with Crippen LogP contribution in [0.2, 0.25) is 0 Å². The number of aryl methyl sites for hydroxylation is 2. The van der Waals surface area contributed by atoms with Gasteiger partial charge in [0.15, 0.2) is 0 Å². The van der Waals surface area contributed by atoms with Crippen LogP contribution in [-0.4, -0.2) is 32.3 Å². The molecule has 2 N–H and O–H groups in total. The number of hydrogen-bond acceptors (Lipinski definition) is 2. The Kier molecular flexibility index (Phi) is 8.57. The fourth-order valence-electron chi connectivity index (χ4n) is 6.45. The van der Waals surface area contributed by atoms with Gasteiger partial charge in [0, 0.05) is 5.52 Å². The van der Waals surface area contributed by atoms with Gasteiger partial charge in [0.1, 0.15) is 5.69 Å². The summed E-state index contributed by atoms with van der Waals surface area (Å²) in [7, 11) is 0. The zero-order valence-corrected chi connectivity index (χ0v) is 25.6. The molecule has 2 aliphatic rings. The molecule has 0 aliphatic carbocycles. The van der Waals surface area contributed by atoms with Crippen LogP contribution in [-0.2, 0) is 25.2 Å². The molecule has 0 fully saturated rings. The summed E-state index contributed by atoms with van der Waals surface area (Å²) in [5, 5.41) is 0. The number of rotatable bonds is 4. The highest BCUT2D eigenvalue weighted by molar-refractivity contribution is 6.01. The number of H-pyrrole nitrogens is 2. The monoisotopic (exact) mass is 694 g/mol. The molecule has 0 spiro atoms. The number of aromatic amines is 2. The summed E-state index contributed by atoms with van der Waals surface area (Å²) in [6.45, 7) is 5.18. The number of nitrogens with one attached hydrogen (secondary N) is 2. The Balaban J connectivity index is 2.14. The van der Waals surface area contributed by atoms with E-state index in [2.05, 4.69) is 19.9 Å². The molecule has 0 unspecified atom stereocenters. The van der Waals surface area contributed by atoms with Gasteiger partial charge >= 0.3 is 24.7 Å². The highest BCUT2D eigenvalue weighted by atomic mass is 19.4. The molecule has 5 heterocycles. The molecule has 0 saturated heterocycles. The number of fused-ring (bicyclic) bond motifs is 10. The first-order valence-corrected chi connectivity index (χ1v) is 14.7. The van der Waals surface area contributed by atoms with E-state index in [1.165, 1.54) is 27.7 Å². The lowest BCUT2D eigenvalue weighted by molar-refractivity contribution is -0.137. The molecule has 0 saturated carbocycles. The summed E-state index contributed by atoms with van der Waals surface area (Å²) < 4.78 is 175. The van der Waals surface area contributed by atoms with Crippen LogP contribution in [0.3, 0.4) is 0 Å². The van der Waals surface area contributed by atoms with Crippen molar-refractivity contribution in [3.05, 3.63) is 69.3 Å². The van der Waals surface area contributed by atoms with Crippen LogP contribution in [0.4, 0.5) is 52.7 Å². The smallest absolute Gasteiger partial charge is 0.353 e. The molecule has 48 heavy (non-hydrogen) atoms. The van der Waals surface area contributed by atoms with Crippen molar-refractivity contribution in [2.45, 2.75) is 78.1 Å².